The standard InChI is InChI=1S/C46H53N9O17/c1-20(70-38-36(49-21(2)57)43(67)72-33(19-56)37(38)61)40(63)52-30(41(64)51-29(39(47)62)13-14-34(59)60)6-4-5-15-48-44-53-45(55-46(68)54-44)50-22-7-10-25(28(16-22)42(65)66)35-26-11-8-23(58)17-31(26)71-32-18-24(69-3)9-12-27(32)35/h7-12,16-18,20,29-30,33,36-38,43,56,61,67H,4-6,13-15,19H2,1-3H3,(H2,47,62)(H,49,57)(H,51,64)(H,52,63)(H,59,60)(H,65,66)(H3,48,50,53,54,55,68)/t20-,29-,30+,33?,36?,37?,38?,43?/m1/s1. The molecule has 3 heterocycles. The van der Waals surface area contributed by atoms with Gasteiger partial charge in [0.1, 0.15) is 59.6 Å². The van der Waals surface area contributed by atoms with Crippen molar-refractivity contribution >= 4 is 64.1 Å². The highest BCUT2D eigenvalue weighted by Gasteiger charge is 2.47. The van der Waals surface area contributed by atoms with E-state index in [-0.39, 0.29) is 66.6 Å². The van der Waals surface area contributed by atoms with Crippen LogP contribution in [0, 0.1) is 0 Å². The van der Waals surface area contributed by atoms with Gasteiger partial charge in [-0.3, -0.25) is 33.8 Å². The smallest absolute Gasteiger partial charge is 0.351 e. The van der Waals surface area contributed by atoms with Gasteiger partial charge >= 0.3 is 17.6 Å². The molecular formula is C46H53N9O17. The normalized spacial score (nSPS) is 18.8. The summed E-state index contributed by atoms with van der Waals surface area (Å²) in [6.07, 6.45) is -8.28. The van der Waals surface area contributed by atoms with E-state index in [1.54, 1.807) is 36.4 Å². The molecule has 26 heteroatoms. The molecule has 0 saturated carbocycles. The number of fused-ring (bicyclic) bond motifs is 2. The van der Waals surface area contributed by atoms with Gasteiger partial charge < -0.3 is 76.5 Å². The quantitative estimate of drug-likeness (QED) is 0.0296. The van der Waals surface area contributed by atoms with Gasteiger partial charge in [-0.25, -0.2) is 9.59 Å². The van der Waals surface area contributed by atoms with E-state index in [4.69, 9.17) is 29.5 Å². The van der Waals surface area contributed by atoms with Crippen LogP contribution in [0.25, 0.3) is 33.4 Å². The third-order valence-corrected chi connectivity index (χ3v) is 11.4. The Morgan fingerprint density at radius 1 is 0.903 bits per heavy atom. The number of nitrogens with two attached hydrogens (primary N) is 1. The van der Waals surface area contributed by atoms with E-state index in [0.717, 1.165) is 6.92 Å². The summed E-state index contributed by atoms with van der Waals surface area (Å²) in [7, 11) is 1.48. The van der Waals surface area contributed by atoms with Crippen LogP contribution in [-0.4, -0.2) is 145 Å². The molecule has 1 aliphatic carbocycles. The minimum atomic E-state index is -1.75. The van der Waals surface area contributed by atoms with Crippen LogP contribution >= 0.6 is 0 Å². The number of carboxylic acids is 2. The lowest BCUT2D eigenvalue weighted by molar-refractivity contribution is -0.266. The van der Waals surface area contributed by atoms with Crippen molar-refractivity contribution in [3.05, 3.63) is 80.9 Å². The molecule has 0 bridgehead atoms. The molecule has 0 spiro atoms. The van der Waals surface area contributed by atoms with Gasteiger partial charge in [-0.15, -0.1) is 0 Å². The number of aliphatic hydroxyl groups is 3. The molecule has 4 amide bonds. The van der Waals surface area contributed by atoms with E-state index in [1.165, 1.54) is 32.2 Å². The van der Waals surface area contributed by atoms with E-state index in [9.17, 15) is 58.8 Å². The average Bonchev–Trinajstić information content (AvgIpc) is 3.32. The molecule has 5 unspecified atom stereocenters. The highest BCUT2D eigenvalue weighted by molar-refractivity contribution is 6.08. The van der Waals surface area contributed by atoms with Crippen LogP contribution in [-0.2, 0) is 33.4 Å². The maximum Gasteiger partial charge on any atom is 0.351 e. The number of aromatic nitrogens is 3. The van der Waals surface area contributed by atoms with Crippen molar-refractivity contribution in [2.24, 2.45) is 5.73 Å². The van der Waals surface area contributed by atoms with Crippen LogP contribution < -0.4 is 48.2 Å². The number of aromatic carboxylic acids is 1. The number of aliphatic hydroxyl groups excluding tert-OH is 3. The van der Waals surface area contributed by atoms with Crippen molar-refractivity contribution in [1.82, 2.24) is 30.9 Å². The summed E-state index contributed by atoms with van der Waals surface area (Å²) >= 11 is 0. The first-order valence-corrected chi connectivity index (χ1v) is 22.3. The first kappa shape index (κ1) is 53.3. The molecular weight excluding hydrogens is 951 g/mol. The second-order valence-corrected chi connectivity index (χ2v) is 16.6. The van der Waals surface area contributed by atoms with Gasteiger partial charge in [0.25, 0.3) is 0 Å². The lowest BCUT2D eigenvalue weighted by Crippen LogP contribution is -2.65. The zero-order chi connectivity index (χ0) is 52.4. The van der Waals surface area contributed by atoms with Crippen LogP contribution in [0.2, 0.25) is 0 Å². The van der Waals surface area contributed by atoms with E-state index in [1.807, 2.05) is 0 Å². The fourth-order valence-electron chi connectivity index (χ4n) is 7.93. The van der Waals surface area contributed by atoms with Gasteiger partial charge in [-0.2, -0.15) is 9.97 Å². The number of aromatic amines is 1. The Labute approximate surface area is 407 Å². The fourth-order valence-corrected chi connectivity index (χ4v) is 7.93. The summed E-state index contributed by atoms with van der Waals surface area (Å²) in [5.41, 5.74) is 5.93. The lowest BCUT2D eigenvalue weighted by Gasteiger charge is -2.43. The monoisotopic (exact) mass is 1000 g/mol. The lowest BCUT2D eigenvalue weighted by atomic mass is 9.90. The number of anilines is 3. The number of aliphatic carboxylic acids is 1. The van der Waals surface area contributed by atoms with Crippen molar-refractivity contribution < 1.29 is 72.9 Å². The molecule has 26 nitrogen and oxygen atoms in total. The molecule has 13 N–H and O–H groups in total. The van der Waals surface area contributed by atoms with Gasteiger partial charge in [0.15, 0.2) is 11.7 Å². The number of hydrogen-bond acceptors (Lipinski definition) is 19. The summed E-state index contributed by atoms with van der Waals surface area (Å²) in [6, 6.07) is 9.45. The maximum absolute atomic E-state index is 13.6. The van der Waals surface area contributed by atoms with Crippen molar-refractivity contribution in [3.63, 3.8) is 0 Å². The topological polar surface area (TPSA) is 406 Å². The molecule has 0 radical (unpaired) electrons. The van der Waals surface area contributed by atoms with Crippen LogP contribution in [0.3, 0.4) is 0 Å². The molecule has 2 aromatic carbocycles. The SMILES string of the molecule is COc1ccc2c(-c3ccc(Nc4nc(NCCCC[C@H](NC(=O)[C@@H](C)OC5C(O)C(CO)OC(O)C5NC(C)=O)C(=O)N[C@H](CCC(=O)O)C(N)=O)nc(=O)[nH]4)cc3C(=O)O)c3ccc(=O)cc-3oc2c1. The number of amides is 4. The Morgan fingerprint density at radius 2 is 1.64 bits per heavy atom. The van der Waals surface area contributed by atoms with E-state index in [0.29, 0.717) is 33.4 Å². The van der Waals surface area contributed by atoms with Gasteiger partial charge in [-0.1, -0.05) is 6.07 Å². The number of unbranched alkanes of at least 4 members (excludes halogenated alkanes) is 1. The number of carboxylic acid groups (broad SMARTS) is 2. The maximum atomic E-state index is 13.6. The first-order chi connectivity index (χ1) is 34.3. The van der Waals surface area contributed by atoms with Crippen LogP contribution in [0.15, 0.2) is 68.6 Å². The number of carbonyl (C=O) groups excluding carboxylic acids is 4. The predicted molar refractivity (Wildman–Crippen MR) is 252 cm³/mol. The summed E-state index contributed by atoms with van der Waals surface area (Å²) < 4.78 is 22.3. The predicted octanol–water partition coefficient (Wildman–Crippen LogP) is -0.256. The summed E-state index contributed by atoms with van der Waals surface area (Å²) in [5, 5.41) is 64.1. The molecule has 3 aromatic rings. The van der Waals surface area contributed by atoms with Crippen LogP contribution in [0.1, 0.15) is 56.3 Å². The number of ether oxygens (including phenoxy) is 3. The number of rotatable bonds is 23. The number of H-pyrrole nitrogens is 1. The molecule has 8 atom stereocenters. The Morgan fingerprint density at radius 3 is 2.32 bits per heavy atom. The minimum Gasteiger partial charge on any atom is -0.497 e. The number of nitrogens with one attached hydrogen (secondary N) is 6. The van der Waals surface area contributed by atoms with Crippen LogP contribution in [0.5, 0.6) is 5.75 Å². The molecule has 2 aliphatic heterocycles. The Kier molecular flexibility index (Phi) is 17.6. The van der Waals surface area contributed by atoms with Gasteiger partial charge in [-0.05, 0) is 74.6 Å². The van der Waals surface area contributed by atoms with E-state index < -0.39 is 103 Å². The van der Waals surface area contributed by atoms with Crippen LogP contribution in [0.4, 0.5) is 17.6 Å². The van der Waals surface area contributed by atoms with Crippen molar-refractivity contribution in [2.45, 2.75) is 94.8 Å². The molecule has 1 fully saturated rings. The second-order valence-electron chi connectivity index (χ2n) is 16.6. The fraction of sp³-hybridized carbons (Fsp3) is 0.391. The molecule has 1 aromatic heterocycles. The summed E-state index contributed by atoms with van der Waals surface area (Å²) in [4.78, 5) is 111. The van der Waals surface area contributed by atoms with Gasteiger partial charge in [0.2, 0.25) is 35.5 Å². The van der Waals surface area contributed by atoms with Gasteiger partial charge in [0, 0.05) is 54.2 Å². The summed E-state index contributed by atoms with van der Waals surface area (Å²) in [6.45, 7) is 1.71. The molecule has 384 valence electrons. The molecule has 1 saturated heterocycles. The average molecular weight is 1000 g/mol. The zero-order valence-corrected chi connectivity index (χ0v) is 38.9. The first-order valence-electron chi connectivity index (χ1n) is 22.3. The number of methoxy groups -OCH3 is 1. The summed E-state index contributed by atoms with van der Waals surface area (Å²) in [5.74, 6) is -5.64. The number of nitrogens with zero attached hydrogens (tertiary/aromatic N) is 2. The van der Waals surface area contributed by atoms with Crippen molar-refractivity contribution in [3.8, 4) is 28.2 Å². The molecule has 72 heavy (non-hydrogen) atoms. The van der Waals surface area contributed by atoms with Crippen molar-refractivity contribution in [2.75, 3.05) is 30.9 Å². The number of hydrogen-bond donors (Lipinski definition) is 12. The third-order valence-electron chi connectivity index (χ3n) is 11.4. The number of carbonyl (C=O) groups is 6. The van der Waals surface area contributed by atoms with Crippen molar-refractivity contribution in [1.29, 1.82) is 0 Å². The second kappa shape index (κ2) is 23.7. The molecule has 6 rings (SSSR count). The highest BCUT2D eigenvalue weighted by atomic mass is 16.6. The number of primary amides is 1. The Bertz CT molecular complexity index is 2910. The Balaban J connectivity index is 1.14. The molecule has 3 aliphatic rings. The third kappa shape index (κ3) is 13.2. The van der Waals surface area contributed by atoms with Gasteiger partial charge in [0.05, 0.1) is 19.3 Å². The van der Waals surface area contributed by atoms with E-state index >= 15 is 0 Å². The Hall–Kier alpha value is -8.04. The largest absolute Gasteiger partial charge is 0.497 e. The number of benzene rings is 3. The minimum absolute atomic E-state index is 0.0938. The van der Waals surface area contributed by atoms with E-state index in [2.05, 4.69) is 41.5 Å². The zero-order valence-electron chi connectivity index (χ0n) is 38.9. The highest BCUT2D eigenvalue weighted by Crippen LogP contribution is 2.42.